The summed E-state index contributed by atoms with van der Waals surface area (Å²) in [4.78, 5) is 13.9. The first-order valence-corrected chi connectivity index (χ1v) is 6.38. The lowest BCUT2D eigenvalue weighted by Crippen LogP contribution is -2.45. The first-order chi connectivity index (χ1) is 8.68. The molecule has 0 bridgehead atoms. The Morgan fingerprint density at radius 1 is 1.56 bits per heavy atom. The fraction of sp³-hybridized carbons (Fsp3) is 0.462. The number of nitrogens with one attached hydrogen (secondary N) is 1. The Bertz CT molecular complexity index is 419. The third-order valence-corrected chi connectivity index (χ3v) is 3.26. The minimum absolute atomic E-state index is 0.0511. The summed E-state index contributed by atoms with van der Waals surface area (Å²) in [5, 5.41) is 3.72. The summed E-state index contributed by atoms with van der Waals surface area (Å²) in [5.41, 5.74) is 0.533. The van der Waals surface area contributed by atoms with Gasteiger partial charge in [0, 0.05) is 26.7 Å². The molecule has 0 aromatic heterocycles. The zero-order valence-electron chi connectivity index (χ0n) is 10.4. The molecule has 1 N–H and O–H groups in total. The zero-order valence-corrected chi connectivity index (χ0v) is 11.1. The molecule has 98 valence electrons. The van der Waals surface area contributed by atoms with Gasteiger partial charge in [-0.25, -0.2) is 0 Å². The summed E-state index contributed by atoms with van der Waals surface area (Å²) in [6, 6.07) is 7.08. The van der Waals surface area contributed by atoms with Crippen LogP contribution in [0.15, 0.2) is 24.3 Å². The molecule has 0 spiro atoms. The van der Waals surface area contributed by atoms with E-state index in [0.29, 0.717) is 23.7 Å². The second-order valence-corrected chi connectivity index (χ2v) is 4.77. The van der Waals surface area contributed by atoms with E-state index in [1.807, 2.05) is 12.1 Å². The van der Waals surface area contributed by atoms with Crippen molar-refractivity contribution in [3.63, 3.8) is 0 Å². The molecular weight excluding hydrogens is 252 g/mol. The first kappa shape index (κ1) is 13.3. The maximum absolute atomic E-state index is 12.2. The van der Waals surface area contributed by atoms with Crippen LogP contribution in [0.3, 0.4) is 0 Å². The van der Waals surface area contributed by atoms with Gasteiger partial charge in [0.2, 0.25) is 0 Å². The van der Waals surface area contributed by atoms with Crippen molar-refractivity contribution in [1.82, 2.24) is 10.2 Å². The van der Waals surface area contributed by atoms with Gasteiger partial charge in [0.25, 0.3) is 5.91 Å². The predicted octanol–water partition coefficient (Wildman–Crippen LogP) is 1.40. The molecule has 1 aliphatic rings. The molecule has 2 rings (SSSR count). The maximum Gasteiger partial charge on any atom is 0.255 e. The van der Waals surface area contributed by atoms with Crippen molar-refractivity contribution in [2.75, 3.05) is 33.3 Å². The Balaban J connectivity index is 1.98. The first-order valence-electron chi connectivity index (χ1n) is 6.01. The average Bonchev–Trinajstić information content (AvgIpc) is 2.39. The van der Waals surface area contributed by atoms with Crippen LogP contribution in [0.2, 0.25) is 5.02 Å². The second kappa shape index (κ2) is 6.18. The van der Waals surface area contributed by atoms with Gasteiger partial charge in [0.1, 0.15) is 0 Å². The van der Waals surface area contributed by atoms with E-state index in [1.54, 1.807) is 24.1 Å². The number of amides is 1. The molecule has 1 unspecified atom stereocenters. The number of hydrogen-bond donors (Lipinski definition) is 1. The highest BCUT2D eigenvalue weighted by Gasteiger charge is 2.20. The number of ether oxygens (including phenoxy) is 1. The summed E-state index contributed by atoms with van der Waals surface area (Å²) in [7, 11) is 1.77. The fourth-order valence-corrected chi connectivity index (χ4v) is 2.18. The van der Waals surface area contributed by atoms with Gasteiger partial charge in [-0.1, -0.05) is 23.7 Å². The van der Waals surface area contributed by atoms with Crippen LogP contribution in [-0.4, -0.2) is 50.2 Å². The SMILES string of the molecule is CN(CC1CNCCO1)C(=O)c1ccccc1Cl. The van der Waals surface area contributed by atoms with E-state index in [-0.39, 0.29) is 12.0 Å². The lowest BCUT2D eigenvalue weighted by Gasteiger charge is -2.28. The molecule has 0 aliphatic carbocycles. The minimum Gasteiger partial charge on any atom is -0.374 e. The van der Waals surface area contributed by atoms with Crippen molar-refractivity contribution in [3.05, 3.63) is 34.9 Å². The van der Waals surface area contributed by atoms with Crippen LogP contribution in [0.4, 0.5) is 0 Å². The molecule has 0 radical (unpaired) electrons. The van der Waals surface area contributed by atoms with E-state index in [1.165, 1.54) is 0 Å². The summed E-state index contributed by atoms with van der Waals surface area (Å²) in [6.45, 7) is 2.91. The van der Waals surface area contributed by atoms with Crippen LogP contribution in [0.25, 0.3) is 0 Å². The lowest BCUT2D eigenvalue weighted by molar-refractivity contribution is 0.0104. The zero-order chi connectivity index (χ0) is 13.0. The Hall–Kier alpha value is -1.10. The van der Waals surface area contributed by atoms with E-state index in [9.17, 15) is 4.79 Å². The maximum atomic E-state index is 12.2. The Morgan fingerprint density at radius 2 is 2.33 bits per heavy atom. The van der Waals surface area contributed by atoms with Crippen molar-refractivity contribution >= 4 is 17.5 Å². The van der Waals surface area contributed by atoms with E-state index in [0.717, 1.165) is 13.1 Å². The van der Waals surface area contributed by atoms with Crippen LogP contribution < -0.4 is 5.32 Å². The lowest BCUT2D eigenvalue weighted by atomic mass is 10.2. The molecule has 0 saturated carbocycles. The predicted molar refractivity (Wildman–Crippen MR) is 71.0 cm³/mol. The third kappa shape index (κ3) is 3.22. The van der Waals surface area contributed by atoms with Crippen LogP contribution in [-0.2, 0) is 4.74 Å². The molecule has 1 fully saturated rings. The third-order valence-electron chi connectivity index (χ3n) is 2.93. The number of morpholine rings is 1. The topological polar surface area (TPSA) is 41.6 Å². The number of likely N-dealkylation sites (N-methyl/N-ethyl adjacent to an activating group) is 1. The molecule has 1 amide bonds. The number of carbonyl (C=O) groups is 1. The Morgan fingerprint density at radius 3 is 3.00 bits per heavy atom. The molecule has 1 atom stereocenters. The molecule has 1 aromatic carbocycles. The van der Waals surface area contributed by atoms with Gasteiger partial charge >= 0.3 is 0 Å². The van der Waals surface area contributed by atoms with Crippen molar-refractivity contribution < 1.29 is 9.53 Å². The number of carbonyl (C=O) groups excluding carboxylic acids is 1. The van der Waals surface area contributed by atoms with Crippen molar-refractivity contribution in [3.8, 4) is 0 Å². The number of benzene rings is 1. The summed E-state index contributed by atoms with van der Waals surface area (Å²) in [6.07, 6.45) is 0.0511. The van der Waals surface area contributed by atoms with Gasteiger partial charge in [0.05, 0.1) is 23.3 Å². The fourth-order valence-electron chi connectivity index (χ4n) is 1.97. The van der Waals surface area contributed by atoms with Crippen molar-refractivity contribution in [2.24, 2.45) is 0 Å². The van der Waals surface area contributed by atoms with Crippen LogP contribution in [0.1, 0.15) is 10.4 Å². The highest BCUT2D eigenvalue weighted by molar-refractivity contribution is 6.33. The molecule has 18 heavy (non-hydrogen) atoms. The number of hydrogen-bond acceptors (Lipinski definition) is 3. The van der Waals surface area contributed by atoms with Crippen molar-refractivity contribution in [1.29, 1.82) is 0 Å². The standard InChI is InChI=1S/C13H17ClN2O2/c1-16(9-10-8-15-6-7-18-10)13(17)11-4-2-3-5-12(11)14/h2-5,10,15H,6-9H2,1H3. The van der Waals surface area contributed by atoms with Gasteiger partial charge in [-0.3, -0.25) is 4.79 Å². The second-order valence-electron chi connectivity index (χ2n) is 4.36. The molecule has 1 aliphatic heterocycles. The average molecular weight is 269 g/mol. The minimum atomic E-state index is -0.0743. The molecule has 5 heteroatoms. The smallest absolute Gasteiger partial charge is 0.255 e. The Kier molecular flexibility index (Phi) is 4.58. The van der Waals surface area contributed by atoms with Gasteiger partial charge in [-0.15, -0.1) is 0 Å². The van der Waals surface area contributed by atoms with E-state index in [4.69, 9.17) is 16.3 Å². The van der Waals surface area contributed by atoms with Crippen LogP contribution in [0, 0.1) is 0 Å². The Labute approximate surface area is 112 Å². The number of halogens is 1. The van der Waals surface area contributed by atoms with Crippen molar-refractivity contribution in [2.45, 2.75) is 6.10 Å². The summed E-state index contributed by atoms with van der Waals surface area (Å²) >= 11 is 6.01. The van der Waals surface area contributed by atoms with Gasteiger partial charge < -0.3 is 15.0 Å². The molecule has 1 heterocycles. The van der Waals surface area contributed by atoms with Gasteiger partial charge in [-0.2, -0.15) is 0 Å². The molecule has 1 aromatic rings. The highest BCUT2D eigenvalue weighted by Crippen LogP contribution is 2.16. The monoisotopic (exact) mass is 268 g/mol. The van der Waals surface area contributed by atoms with Gasteiger partial charge in [0.15, 0.2) is 0 Å². The normalized spacial score (nSPS) is 19.6. The summed E-state index contributed by atoms with van der Waals surface area (Å²) < 4.78 is 5.58. The largest absolute Gasteiger partial charge is 0.374 e. The van der Waals surface area contributed by atoms with Crippen LogP contribution in [0.5, 0.6) is 0 Å². The molecular formula is C13H17ClN2O2. The summed E-state index contributed by atoms with van der Waals surface area (Å²) in [5.74, 6) is -0.0743. The van der Waals surface area contributed by atoms with Crippen LogP contribution >= 0.6 is 11.6 Å². The quantitative estimate of drug-likeness (QED) is 0.901. The number of rotatable bonds is 3. The molecule has 1 saturated heterocycles. The molecule has 4 nitrogen and oxygen atoms in total. The van der Waals surface area contributed by atoms with E-state index < -0.39 is 0 Å². The van der Waals surface area contributed by atoms with Gasteiger partial charge in [-0.05, 0) is 12.1 Å². The van der Waals surface area contributed by atoms with E-state index in [2.05, 4.69) is 5.32 Å². The number of nitrogens with zero attached hydrogens (tertiary/aromatic N) is 1. The van der Waals surface area contributed by atoms with E-state index >= 15 is 0 Å². The highest BCUT2D eigenvalue weighted by atomic mass is 35.5.